The predicted octanol–water partition coefficient (Wildman–Crippen LogP) is 0.925. The van der Waals surface area contributed by atoms with Crippen LogP contribution in [-0.4, -0.2) is 16.3 Å². The van der Waals surface area contributed by atoms with E-state index in [2.05, 4.69) is 25.4 Å². The molecule has 60 valence electrons. The van der Waals surface area contributed by atoms with Gasteiger partial charge in [0.25, 0.3) is 0 Å². The van der Waals surface area contributed by atoms with Crippen molar-refractivity contribution in [3.05, 3.63) is 11.3 Å². The molecular weight excluding hydrogens is 142 g/mol. The lowest BCUT2D eigenvalue weighted by Gasteiger charge is -2.02. The Morgan fingerprint density at radius 3 is 2.90 bits per heavy atom. The minimum Gasteiger partial charge on any atom is -0.348 e. The van der Waals surface area contributed by atoms with Gasteiger partial charge in [0.1, 0.15) is 0 Å². The van der Waals surface area contributed by atoms with E-state index < -0.39 is 9.76 Å². The maximum Gasteiger partial charge on any atom is 0.216 e. The molecule has 0 rings (SSSR count). The first kappa shape index (κ1) is 9.88. The highest BCUT2D eigenvalue weighted by atomic mass is 28.2. The number of nitrogens with one attached hydrogen (secondary N) is 1. The molecule has 0 aliphatic carbocycles. The topological polar surface area (TPSA) is 21.3 Å². The highest BCUT2D eigenvalue weighted by Crippen LogP contribution is 1.86. The summed E-state index contributed by atoms with van der Waals surface area (Å²) in [5.74, 6) is 0. The number of rotatable bonds is 5. The normalized spacial score (nSPS) is 13.3. The van der Waals surface area contributed by atoms with Crippen LogP contribution in [0.2, 0.25) is 0 Å². The molecule has 2 nitrogen and oxygen atoms in total. The van der Waals surface area contributed by atoms with Crippen molar-refractivity contribution < 1.29 is 4.53 Å². The van der Waals surface area contributed by atoms with Crippen LogP contribution in [0.5, 0.6) is 0 Å². The van der Waals surface area contributed by atoms with E-state index in [4.69, 9.17) is 4.53 Å². The average molecular weight is 159 g/mol. The molecule has 10 heavy (non-hydrogen) atoms. The van der Waals surface area contributed by atoms with E-state index >= 15 is 0 Å². The van der Waals surface area contributed by atoms with Gasteiger partial charge in [0.05, 0.1) is 0 Å². The molecule has 0 saturated heterocycles. The molecule has 0 fully saturated rings. The molecule has 0 saturated carbocycles. The van der Waals surface area contributed by atoms with Crippen LogP contribution in [0.3, 0.4) is 0 Å². The largest absolute Gasteiger partial charge is 0.348 e. The maximum atomic E-state index is 5.25. The summed E-state index contributed by atoms with van der Waals surface area (Å²) in [6.45, 7) is 7.25. The van der Waals surface area contributed by atoms with Crippen molar-refractivity contribution in [1.82, 2.24) is 5.48 Å². The van der Waals surface area contributed by atoms with E-state index in [0.29, 0.717) is 0 Å². The molecule has 0 spiro atoms. The van der Waals surface area contributed by atoms with Crippen LogP contribution in [0.1, 0.15) is 27.2 Å². The fourth-order valence-electron chi connectivity index (χ4n) is 0.422. The molecule has 0 heterocycles. The van der Waals surface area contributed by atoms with Gasteiger partial charge in [-0.3, -0.25) is 0 Å². The van der Waals surface area contributed by atoms with Gasteiger partial charge in [-0.15, -0.1) is 0 Å². The van der Waals surface area contributed by atoms with E-state index in [9.17, 15) is 0 Å². The summed E-state index contributed by atoms with van der Waals surface area (Å²) in [4.78, 5) is 0. The first-order valence-corrected chi connectivity index (χ1v) is 5.06. The summed E-state index contributed by atoms with van der Waals surface area (Å²) in [5, 5.41) is 1.39. The fourth-order valence-corrected chi connectivity index (χ4v) is 1.06. The molecule has 0 radical (unpaired) electrons. The molecule has 0 aliphatic heterocycles. The van der Waals surface area contributed by atoms with E-state index in [0.717, 1.165) is 13.0 Å². The fraction of sp³-hybridized carbons (Fsp3) is 0.714. The van der Waals surface area contributed by atoms with Crippen LogP contribution >= 0.6 is 0 Å². The molecular formula is C7H17NOSi. The summed E-state index contributed by atoms with van der Waals surface area (Å²) in [6.07, 6.45) is 3.24. The summed E-state index contributed by atoms with van der Waals surface area (Å²) < 4.78 is 5.25. The van der Waals surface area contributed by atoms with Crippen LogP contribution in [0, 0.1) is 0 Å². The Kier molecular flexibility index (Phi) is 6.90. The average Bonchev–Trinajstić information content (AvgIpc) is 1.98. The minimum atomic E-state index is -0.435. The third-order valence-corrected chi connectivity index (χ3v) is 2.46. The lowest BCUT2D eigenvalue weighted by molar-refractivity contribution is 0.210. The van der Waals surface area contributed by atoms with Crippen LogP contribution in [0.15, 0.2) is 11.3 Å². The molecule has 0 amide bonds. The predicted molar refractivity (Wildman–Crippen MR) is 47.4 cm³/mol. The van der Waals surface area contributed by atoms with Gasteiger partial charge < -0.3 is 4.53 Å². The number of hydroxylamine groups is 1. The minimum absolute atomic E-state index is 0.435. The van der Waals surface area contributed by atoms with E-state index in [-0.39, 0.29) is 0 Å². The molecule has 0 aromatic rings. The van der Waals surface area contributed by atoms with Crippen molar-refractivity contribution in [3.63, 3.8) is 0 Å². The summed E-state index contributed by atoms with van der Waals surface area (Å²) in [6, 6.07) is 0. The zero-order valence-corrected chi connectivity index (χ0v) is 8.52. The SMILES string of the molecule is CC=C(C)[SiH2]ONCCC. The van der Waals surface area contributed by atoms with Gasteiger partial charge in [-0.2, -0.15) is 0 Å². The van der Waals surface area contributed by atoms with Crippen LogP contribution in [-0.2, 0) is 4.53 Å². The van der Waals surface area contributed by atoms with Crippen LogP contribution < -0.4 is 5.48 Å². The molecule has 0 aromatic carbocycles. The van der Waals surface area contributed by atoms with Crippen molar-refractivity contribution in [2.24, 2.45) is 0 Å². The molecule has 3 heteroatoms. The van der Waals surface area contributed by atoms with Gasteiger partial charge >= 0.3 is 0 Å². The molecule has 0 bridgehead atoms. The van der Waals surface area contributed by atoms with Crippen molar-refractivity contribution in [2.45, 2.75) is 27.2 Å². The monoisotopic (exact) mass is 159 g/mol. The third-order valence-electron chi connectivity index (χ3n) is 1.25. The summed E-state index contributed by atoms with van der Waals surface area (Å²) in [7, 11) is -0.435. The first-order valence-electron chi connectivity index (χ1n) is 3.77. The summed E-state index contributed by atoms with van der Waals surface area (Å²) >= 11 is 0. The zero-order valence-electron chi connectivity index (χ0n) is 7.11. The van der Waals surface area contributed by atoms with Crippen LogP contribution in [0.25, 0.3) is 0 Å². The quantitative estimate of drug-likeness (QED) is 0.366. The molecule has 1 N–H and O–H groups in total. The Hall–Kier alpha value is -0.123. The van der Waals surface area contributed by atoms with Crippen molar-refractivity contribution in [3.8, 4) is 0 Å². The summed E-state index contributed by atoms with van der Waals surface area (Å²) in [5.41, 5.74) is 2.92. The standard InChI is InChI=1S/C7H17NOSi/c1-4-6-8-9-10-7(3)5-2/h5,8H,4,6,10H2,1-3H3. The first-order chi connectivity index (χ1) is 4.81. The lowest BCUT2D eigenvalue weighted by Crippen LogP contribution is -2.18. The smallest absolute Gasteiger partial charge is 0.216 e. The van der Waals surface area contributed by atoms with Crippen LogP contribution in [0.4, 0.5) is 0 Å². The van der Waals surface area contributed by atoms with Gasteiger partial charge in [-0.25, -0.2) is 5.48 Å². The van der Waals surface area contributed by atoms with Gasteiger partial charge in [0, 0.05) is 6.54 Å². The molecule has 0 aromatic heterocycles. The second kappa shape index (κ2) is 6.99. The Morgan fingerprint density at radius 2 is 2.40 bits per heavy atom. The Bertz CT molecular complexity index is 104. The van der Waals surface area contributed by atoms with Crippen molar-refractivity contribution in [2.75, 3.05) is 6.54 Å². The molecule has 0 atom stereocenters. The maximum absolute atomic E-state index is 5.25. The van der Waals surface area contributed by atoms with Gasteiger partial charge in [-0.05, 0) is 20.3 Å². The second-order valence-electron chi connectivity index (χ2n) is 2.32. The third kappa shape index (κ3) is 6.00. The molecule has 0 unspecified atom stereocenters. The van der Waals surface area contributed by atoms with E-state index in [1.807, 2.05) is 6.92 Å². The Balaban J connectivity index is 3.04. The number of hydrogen-bond acceptors (Lipinski definition) is 2. The highest BCUT2D eigenvalue weighted by Gasteiger charge is 1.88. The lowest BCUT2D eigenvalue weighted by atomic mass is 10.5. The van der Waals surface area contributed by atoms with Crippen molar-refractivity contribution >= 4 is 9.76 Å². The number of hydrogen-bond donors (Lipinski definition) is 1. The van der Waals surface area contributed by atoms with Gasteiger partial charge in [-0.1, -0.05) is 18.2 Å². The second-order valence-corrected chi connectivity index (χ2v) is 4.01. The van der Waals surface area contributed by atoms with E-state index in [1.54, 1.807) is 0 Å². The Labute approximate surface area is 65.6 Å². The highest BCUT2D eigenvalue weighted by molar-refractivity contribution is 6.37. The Morgan fingerprint density at radius 1 is 1.70 bits per heavy atom. The van der Waals surface area contributed by atoms with E-state index in [1.165, 1.54) is 5.20 Å². The van der Waals surface area contributed by atoms with Crippen molar-refractivity contribution in [1.29, 1.82) is 0 Å². The van der Waals surface area contributed by atoms with Gasteiger partial charge in [0.2, 0.25) is 9.76 Å². The zero-order chi connectivity index (χ0) is 7.82. The van der Waals surface area contributed by atoms with Gasteiger partial charge in [0.15, 0.2) is 0 Å². The number of allylic oxidation sites excluding steroid dienone is 2. The molecule has 0 aliphatic rings.